The summed E-state index contributed by atoms with van der Waals surface area (Å²) in [6, 6.07) is 13.3. The molecule has 104 valence electrons. The Labute approximate surface area is 120 Å². The molecule has 0 aliphatic rings. The van der Waals surface area contributed by atoms with Gasteiger partial charge in [0, 0.05) is 11.8 Å². The van der Waals surface area contributed by atoms with Gasteiger partial charge in [-0.2, -0.15) is 0 Å². The molecule has 0 atom stereocenters. The highest BCUT2D eigenvalue weighted by molar-refractivity contribution is 6.07. The molecule has 2 aromatic rings. The SMILES string of the molecule is CCCCCCc1ccc(C(=O)c2ccccn2)cc1. The lowest BCUT2D eigenvalue weighted by Gasteiger charge is -2.04. The predicted molar refractivity (Wildman–Crippen MR) is 82.0 cm³/mol. The smallest absolute Gasteiger partial charge is 0.211 e. The summed E-state index contributed by atoms with van der Waals surface area (Å²) in [6.07, 6.45) is 7.81. The molecule has 0 bridgehead atoms. The quantitative estimate of drug-likeness (QED) is 0.548. The van der Waals surface area contributed by atoms with Crippen molar-refractivity contribution in [3.8, 4) is 0 Å². The van der Waals surface area contributed by atoms with Gasteiger partial charge in [-0.05, 0) is 30.5 Å². The van der Waals surface area contributed by atoms with Gasteiger partial charge in [0.15, 0.2) is 0 Å². The molecule has 2 rings (SSSR count). The topological polar surface area (TPSA) is 30.0 Å². The van der Waals surface area contributed by atoms with Gasteiger partial charge < -0.3 is 0 Å². The van der Waals surface area contributed by atoms with E-state index in [0.29, 0.717) is 11.3 Å². The Morgan fingerprint density at radius 3 is 2.45 bits per heavy atom. The summed E-state index contributed by atoms with van der Waals surface area (Å²) < 4.78 is 0. The lowest BCUT2D eigenvalue weighted by Crippen LogP contribution is -2.03. The van der Waals surface area contributed by atoms with E-state index in [1.165, 1.54) is 31.2 Å². The van der Waals surface area contributed by atoms with Crippen molar-refractivity contribution in [1.29, 1.82) is 0 Å². The third-order valence-corrected chi connectivity index (χ3v) is 3.43. The van der Waals surface area contributed by atoms with Crippen LogP contribution in [0.4, 0.5) is 0 Å². The molecule has 20 heavy (non-hydrogen) atoms. The van der Waals surface area contributed by atoms with E-state index in [-0.39, 0.29) is 5.78 Å². The van der Waals surface area contributed by atoms with Gasteiger partial charge in [0.1, 0.15) is 5.69 Å². The molecule has 0 N–H and O–H groups in total. The number of nitrogens with zero attached hydrogens (tertiary/aromatic N) is 1. The molecular formula is C18H21NO. The molecule has 0 spiro atoms. The first-order valence-electron chi connectivity index (χ1n) is 7.36. The molecule has 0 aliphatic carbocycles. The van der Waals surface area contributed by atoms with Gasteiger partial charge in [-0.3, -0.25) is 9.78 Å². The van der Waals surface area contributed by atoms with Crippen LogP contribution in [0.2, 0.25) is 0 Å². The second kappa shape index (κ2) is 7.59. The molecule has 0 fully saturated rings. The first-order valence-corrected chi connectivity index (χ1v) is 7.36. The first kappa shape index (κ1) is 14.4. The Morgan fingerprint density at radius 2 is 1.80 bits per heavy atom. The van der Waals surface area contributed by atoms with Crippen LogP contribution in [0.15, 0.2) is 48.7 Å². The zero-order valence-electron chi connectivity index (χ0n) is 12.0. The number of rotatable bonds is 7. The van der Waals surface area contributed by atoms with Crippen LogP contribution in [-0.4, -0.2) is 10.8 Å². The van der Waals surface area contributed by atoms with Crippen molar-refractivity contribution in [3.63, 3.8) is 0 Å². The summed E-state index contributed by atoms with van der Waals surface area (Å²) in [7, 11) is 0. The molecule has 0 saturated heterocycles. The van der Waals surface area contributed by atoms with Crippen LogP contribution in [0.5, 0.6) is 0 Å². The van der Waals surface area contributed by atoms with E-state index < -0.39 is 0 Å². The van der Waals surface area contributed by atoms with E-state index in [0.717, 1.165) is 6.42 Å². The van der Waals surface area contributed by atoms with Crippen LogP contribution >= 0.6 is 0 Å². The number of unbranched alkanes of at least 4 members (excludes halogenated alkanes) is 3. The van der Waals surface area contributed by atoms with Gasteiger partial charge >= 0.3 is 0 Å². The van der Waals surface area contributed by atoms with E-state index in [2.05, 4.69) is 24.0 Å². The highest BCUT2D eigenvalue weighted by Crippen LogP contribution is 2.12. The van der Waals surface area contributed by atoms with Crippen molar-refractivity contribution >= 4 is 5.78 Å². The highest BCUT2D eigenvalue weighted by atomic mass is 16.1. The fraction of sp³-hybridized carbons (Fsp3) is 0.333. The Kier molecular flexibility index (Phi) is 5.48. The van der Waals surface area contributed by atoms with Gasteiger partial charge in [-0.25, -0.2) is 0 Å². The summed E-state index contributed by atoms with van der Waals surface area (Å²) in [5.74, 6) is -0.0110. The number of aryl methyl sites for hydroxylation is 1. The minimum Gasteiger partial charge on any atom is -0.287 e. The van der Waals surface area contributed by atoms with Gasteiger partial charge in [-0.15, -0.1) is 0 Å². The number of hydrogen-bond acceptors (Lipinski definition) is 2. The summed E-state index contributed by atoms with van der Waals surface area (Å²) in [4.78, 5) is 16.3. The van der Waals surface area contributed by atoms with Crippen molar-refractivity contribution in [2.24, 2.45) is 0 Å². The number of hydrogen-bond donors (Lipinski definition) is 0. The third kappa shape index (κ3) is 4.02. The average molecular weight is 267 g/mol. The van der Waals surface area contributed by atoms with E-state index in [9.17, 15) is 4.79 Å². The minimum absolute atomic E-state index is 0.0110. The van der Waals surface area contributed by atoms with Crippen molar-refractivity contribution in [1.82, 2.24) is 4.98 Å². The Hall–Kier alpha value is -1.96. The zero-order valence-corrected chi connectivity index (χ0v) is 12.0. The van der Waals surface area contributed by atoms with E-state index >= 15 is 0 Å². The number of pyridine rings is 1. The Morgan fingerprint density at radius 1 is 1.00 bits per heavy atom. The maximum absolute atomic E-state index is 12.2. The molecule has 0 radical (unpaired) electrons. The van der Waals surface area contributed by atoms with Crippen molar-refractivity contribution < 1.29 is 4.79 Å². The molecule has 2 heteroatoms. The number of carbonyl (C=O) groups excluding carboxylic acids is 1. The van der Waals surface area contributed by atoms with Gasteiger partial charge in [0.2, 0.25) is 5.78 Å². The van der Waals surface area contributed by atoms with E-state index in [1.54, 1.807) is 12.3 Å². The molecule has 2 nitrogen and oxygen atoms in total. The molecule has 0 aliphatic heterocycles. The van der Waals surface area contributed by atoms with Crippen molar-refractivity contribution in [2.45, 2.75) is 39.0 Å². The van der Waals surface area contributed by atoms with Crippen molar-refractivity contribution in [3.05, 3.63) is 65.5 Å². The molecule has 0 unspecified atom stereocenters. The van der Waals surface area contributed by atoms with Crippen LogP contribution in [0.1, 0.15) is 54.2 Å². The van der Waals surface area contributed by atoms with Crippen LogP contribution < -0.4 is 0 Å². The normalized spacial score (nSPS) is 10.4. The standard InChI is InChI=1S/C18H21NO/c1-2-3-4-5-8-15-10-12-16(13-11-15)18(20)17-9-6-7-14-19-17/h6-7,9-14H,2-5,8H2,1H3. The second-order valence-electron chi connectivity index (χ2n) is 5.05. The first-order chi connectivity index (χ1) is 9.81. The monoisotopic (exact) mass is 267 g/mol. The molecule has 1 aromatic carbocycles. The van der Waals surface area contributed by atoms with Gasteiger partial charge in [-0.1, -0.05) is 56.5 Å². The molecule has 0 amide bonds. The fourth-order valence-corrected chi connectivity index (χ4v) is 2.22. The maximum Gasteiger partial charge on any atom is 0.211 e. The van der Waals surface area contributed by atoms with Crippen LogP contribution in [-0.2, 0) is 6.42 Å². The summed E-state index contributed by atoms with van der Waals surface area (Å²) in [5, 5.41) is 0. The fourth-order valence-electron chi connectivity index (χ4n) is 2.22. The lowest BCUT2D eigenvalue weighted by atomic mass is 10.0. The largest absolute Gasteiger partial charge is 0.287 e. The average Bonchev–Trinajstić information content (AvgIpc) is 2.52. The van der Waals surface area contributed by atoms with Crippen LogP contribution in [0.25, 0.3) is 0 Å². The maximum atomic E-state index is 12.2. The molecule has 1 aromatic heterocycles. The second-order valence-corrected chi connectivity index (χ2v) is 5.05. The van der Waals surface area contributed by atoms with Crippen LogP contribution in [0.3, 0.4) is 0 Å². The van der Waals surface area contributed by atoms with Crippen molar-refractivity contribution in [2.75, 3.05) is 0 Å². The predicted octanol–water partition coefficient (Wildman–Crippen LogP) is 4.44. The van der Waals surface area contributed by atoms with Gasteiger partial charge in [0.05, 0.1) is 0 Å². The van der Waals surface area contributed by atoms with E-state index in [4.69, 9.17) is 0 Å². The Balaban J connectivity index is 1.96. The third-order valence-electron chi connectivity index (χ3n) is 3.43. The zero-order chi connectivity index (χ0) is 14.2. The summed E-state index contributed by atoms with van der Waals surface area (Å²) >= 11 is 0. The highest BCUT2D eigenvalue weighted by Gasteiger charge is 2.09. The summed E-state index contributed by atoms with van der Waals surface area (Å²) in [5.41, 5.74) is 2.52. The number of ketones is 1. The van der Waals surface area contributed by atoms with E-state index in [1.807, 2.05) is 24.3 Å². The molecule has 0 saturated carbocycles. The number of aromatic nitrogens is 1. The lowest BCUT2D eigenvalue weighted by molar-refractivity contribution is 0.103. The van der Waals surface area contributed by atoms with Gasteiger partial charge in [0.25, 0.3) is 0 Å². The minimum atomic E-state index is -0.0110. The molecular weight excluding hydrogens is 246 g/mol. The molecule has 1 heterocycles. The van der Waals surface area contributed by atoms with Crippen LogP contribution in [0, 0.1) is 0 Å². The summed E-state index contributed by atoms with van der Waals surface area (Å²) in [6.45, 7) is 2.22. The number of carbonyl (C=O) groups is 1. The Bertz CT molecular complexity index is 531. The number of benzene rings is 1.